The molecule has 0 aliphatic heterocycles. The molecule has 0 bridgehead atoms. The molecule has 13 heteroatoms. The van der Waals surface area contributed by atoms with Crippen molar-refractivity contribution < 1.29 is 54.3 Å². The molecule has 0 heterocycles. The van der Waals surface area contributed by atoms with Gasteiger partial charge in [0.05, 0.1) is 13.0 Å². The first-order valence-corrected chi connectivity index (χ1v) is 7.07. The van der Waals surface area contributed by atoms with E-state index in [0.717, 1.165) is 0 Å². The number of hydrogen-bond donors (Lipinski definition) is 2. The third-order valence-corrected chi connectivity index (χ3v) is 2.99. The number of hydrogen-bond acceptors (Lipinski definition) is 6. The van der Waals surface area contributed by atoms with E-state index in [1.165, 1.54) is 0 Å². The van der Waals surface area contributed by atoms with Crippen LogP contribution in [0.2, 0.25) is 0 Å². The summed E-state index contributed by atoms with van der Waals surface area (Å²) in [6, 6.07) is 0. The van der Waals surface area contributed by atoms with Crippen molar-refractivity contribution in [3.63, 3.8) is 0 Å². The molecule has 22 heavy (non-hydrogen) atoms. The van der Waals surface area contributed by atoms with Crippen molar-refractivity contribution in [2.75, 3.05) is 19.8 Å². The van der Waals surface area contributed by atoms with E-state index in [1.807, 2.05) is 0 Å². The molecular formula is C9H13F5O7S. The van der Waals surface area contributed by atoms with Gasteiger partial charge in [0.1, 0.15) is 0 Å². The van der Waals surface area contributed by atoms with Crippen LogP contribution in [0.1, 0.15) is 12.8 Å². The van der Waals surface area contributed by atoms with Crippen molar-refractivity contribution in [3.8, 4) is 0 Å². The van der Waals surface area contributed by atoms with E-state index >= 15 is 0 Å². The highest BCUT2D eigenvalue weighted by Crippen LogP contribution is 2.38. The molecule has 0 rings (SSSR count). The highest BCUT2D eigenvalue weighted by Gasteiger charge is 2.65. The number of halogens is 5. The van der Waals surface area contributed by atoms with E-state index in [-0.39, 0.29) is 19.6 Å². The van der Waals surface area contributed by atoms with Crippen LogP contribution in [0.3, 0.4) is 0 Å². The Morgan fingerprint density at radius 3 is 2.09 bits per heavy atom. The maximum absolute atomic E-state index is 13.0. The van der Waals surface area contributed by atoms with E-state index in [1.54, 1.807) is 0 Å². The SMILES string of the molecule is O=C(CCOCCCO)OC(C(F)(F)F)C(F)(F)S(=O)(=O)O. The number of rotatable bonds is 9. The topological polar surface area (TPSA) is 110 Å². The van der Waals surface area contributed by atoms with Gasteiger partial charge >= 0.3 is 27.5 Å². The first-order chi connectivity index (χ1) is 9.84. The molecule has 0 aromatic rings. The first-order valence-electron chi connectivity index (χ1n) is 5.63. The minimum Gasteiger partial charge on any atom is -0.445 e. The monoisotopic (exact) mass is 360 g/mol. The smallest absolute Gasteiger partial charge is 0.432 e. The normalized spacial score (nSPS) is 14.7. The largest absolute Gasteiger partial charge is 0.445 e. The summed E-state index contributed by atoms with van der Waals surface area (Å²) >= 11 is 0. The zero-order valence-corrected chi connectivity index (χ0v) is 11.7. The van der Waals surface area contributed by atoms with E-state index in [9.17, 15) is 35.2 Å². The van der Waals surface area contributed by atoms with Gasteiger partial charge in [-0.25, -0.2) is 0 Å². The maximum Gasteiger partial charge on any atom is 0.432 e. The van der Waals surface area contributed by atoms with Gasteiger partial charge in [0.15, 0.2) is 0 Å². The predicted molar refractivity (Wildman–Crippen MR) is 59.6 cm³/mol. The quantitative estimate of drug-likeness (QED) is 0.270. The molecule has 0 fully saturated rings. The molecule has 0 aromatic heterocycles. The summed E-state index contributed by atoms with van der Waals surface area (Å²) in [6.45, 7) is -0.754. The summed E-state index contributed by atoms with van der Waals surface area (Å²) in [4.78, 5) is 11.0. The van der Waals surface area contributed by atoms with Crippen LogP contribution in [0.4, 0.5) is 22.0 Å². The Labute approximate surface area is 121 Å². The van der Waals surface area contributed by atoms with Gasteiger partial charge in [-0.2, -0.15) is 30.4 Å². The molecule has 0 aliphatic carbocycles. The number of esters is 1. The van der Waals surface area contributed by atoms with Gasteiger partial charge in [-0.15, -0.1) is 0 Å². The van der Waals surface area contributed by atoms with E-state index in [4.69, 9.17) is 9.66 Å². The molecule has 2 N–H and O–H groups in total. The molecule has 1 atom stereocenters. The summed E-state index contributed by atoms with van der Waals surface area (Å²) in [6.07, 6.45) is -11.0. The van der Waals surface area contributed by atoms with E-state index in [0.29, 0.717) is 0 Å². The molecular weight excluding hydrogens is 347 g/mol. The van der Waals surface area contributed by atoms with Crippen molar-refractivity contribution in [1.29, 1.82) is 0 Å². The Balaban J connectivity index is 4.80. The van der Waals surface area contributed by atoms with Gasteiger partial charge < -0.3 is 14.6 Å². The number of carbonyl (C=O) groups is 1. The summed E-state index contributed by atoms with van der Waals surface area (Å²) in [5, 5.41) is 2.64. The van der Waals surface area contributed by atoms with Crippen LogP contribution in [0.5, 0.6) is 0 Å². The molecule has 0 aromatic carbocycles. The third kappa shape index (κ3) is 6.37. The fourth-order valence-electron chi connectivity index (χ4n) is 1.08. The Hall–Kier alpha value is -1.05. The summed E-state index contributed by atoms with van der Waals surface area (Å²) in [5.74, 6) is -1.80. The molecule has 1 unspecified atom stereocenters. The lowest BCUT2D eigenvalue weighted by Gasteiger charge is -2.26. The number of alkyl halides is 5. The molecule has 0 saturated carbocycles. The van der Waals surface area contributed by atoms with Crippen molar-refractivity contribution in [1.82, 2.24) is 0 Å². The number of carbonyl (C=O) groups excluding carboxylic acids is 1. The Morgan fingerprint density at radius 2 is 1.68 bits per heavy atom. The second kappa shape index (κ2) is 7.99. The van der Waals surface area contributed by atoms with E-state index in [2.05, 4.69) is 9.47 Å². The fraction of sp³-hybridized carbons (Fsp3) is 0.889. The summed E-state index contributed by atoms with van der Waals surface area (Å²) in [7, 11) is -6.45. The summed E-state index contributed by atoms with van der Waals surface area (Å²) in [5.41, 5.74) is 0. The van der Waals surface area contributed by atoms with Gasteiger partial charge in [-0.1, -0.05) is 0 Å². The average Bonchev–Trinajstić information content (AvgIpc) is 2.32. The third-order valence-electron chi connectivity index (χ3n) is 2.09. The Kier molecular flexibility index (Phi) is 7.61. The van der Waals surface area contributed by atoms with Crippen LogP contribution < -0.4 is 0 Å². The van der Waals surface area contributed by atoms with Crippen LogP contribution in [-0.4, -0.2) is 61.4 Å². The van der Waals surface area contributed by atoms with Gasteiger partial charge in [-0.3, -0.25) is 9.35 Å². The minimum atomic E-state index is -6.45. The van der Waals surface area contributed by atoms with Crippen molar-refractivity contribution in [2.24, 2.45) is 0 Å². The minimum absolute atomic E-state index is 0.0341. The van der Waals surface area contributed by atoms with E-state index < -0.39 is 46.6 Å². The molecule has 0 aliphatic rings. The second-order valence-electron chi connectivity index (χ2n) is 3.89. The van der Waals surface area contributed by atoms with Gasteiger partial charge in [0.25, 0.3) is 6.10 Å². The molecule has 7 nitrogen and oxygen atoms in total. The lowest BCUT2D eigenvalue weighted by atomic mass is 10.3. The average molecular weight is 360 g/mol. The predicted octanol–water partition coefficient (Wildman–Crippen LogP) is 0.730. The number of aliphatic hydroxyl groups is 1. The van der Waals surface area contributed by atoms with Crippen molar-refractivity contribution >= 4 is 16.1 Å². The molecule has 0 radical (unpaired) electrons. The second-order valence-corrected chi connectivity index (χ2v) is 5.38. The van der Waals surface area contributed by atoms with Crippen molar-refractivity contribution in [3.05, 3.63) is 0 Å². The first kappa shape index (κ1) is 20.9. The summed E-state index contributed by atoms with van der Waals surface area (Å²) < 4.78 is 100. The van der Waals surface area contributed by atoms with Crippen LogP contribution in [-0.2, 0) is 24.4 Å². The van der Waals surface area contributed by atoms with Crippen molar-refractivity contribution in [2.45, 2.75) is 30.4 Å². The zero-order valence-electron chi connectivity index (χ0n) is 10.8. The number of aliphatic hydroxyl groups excluding tert-OH is 1. The highest BCUT2D eigenvalue weighted by atomic mass is 32.2. The molecule has 0 spiro atoms. The van der Waals surface area contributed by atoms with Crippen LogP contribution in [0.15, 0.2) is 0 Å². The Morgan fingerprint density at radius 1 is 1.14 bits per heavy atom. The maximum atomic E-state index is 13.0. The fourth-order valence-corrected chi connectivity index (χ4v) is 1.53. The van der Waals surface area contributed by atoms with Crippen LogP contribution >= 0.6 is 0 Å². The van der Waals surface area contributed by atoms with Gasteiger partial charge in [0, 0.05) is 13.2 Å². The lowest BCUT2D eigenvalue weighted by molar-refractivity contribution is -0.259. The standard InChI is InChI=1S/C9H13F5O7S/c10-8(11,12)7(9(13,14)22(17,18)19)21-6(16)2-5-20-4-1-3-15/h7,15H,1-5H2,(H,17,18,19). The molecule has 0 amide bonds. The highest BCUT2D eigenvalue weighted by molar-refractivity contribution is 7.86. The van der Waals surface area contributed by atoms with Crippen LogP contribution in [0, 0.1) is 0 Å². The number of ether oxygens (including phenoxy) is 2. The molecule has 0 saturated heterocycles. The van der Waals surface area contributed by atoms with Gasteiger partial charge in [0.2, 0.25) is 0 Å². The lowest BCUT2D eigenvalue weighted by Crippen LogP contribution is -2.52. The zero-order chi connectivity index (χ0) is 17.6. The van der Waals surface area contributed by atoms with Crippen LogP contribution in [0.25, 0.3) is 0 Å². The Bertz CT molecular complexity index is 461. The van der Waals surface area contributed by atoms with Gasteiger partial charge in [-0.05, 0) is 6.42 Å². The molecule has 132 valence electrons.